The molecule has 2 rings (SSSR count). The van der Waals surface area contributed by atoms with Crippen LogP contribution in [0.25, 0.3) is 0 Å². The SMILES string of the molecule is COC(=O)CC1CCN(S(=O)(=O)c2ccc(OC/C(=C/F)CN)nc2)CC1. The molecular weight excluding hydrogens is 377 g/mol. The Labute approximate surface area is 158 Å². The second-order valence-corrected chi connectivity index (χ2v) is 8.16. The van der Waals surface area contributed by atoms with Gasteiger partial charge >= 0.3 is 5.97 Å². The quantitative estimate of drug-likeness (QED) is 0.652. The van der Waals surface area contributed by atoms with Crippen molar-refractivity contribution < 1.29 is 27.1 Å². The van der Waals surface area contributed by atoms with Crippen molar-refractivity contribution in [3.8, 4) is 5.88 Å². The number of halogens is 1. The summed E-state index contributed by atoms with van der Waals surface area (Å²) in [6.07, 6.45) is 3.09. The fraction of sp³-hybridized carbons (Fsp3) is 0.529. The van der Waals surface area contributed by atoms with Gasteiger partial charge in [-0.3, -0.25) is 4.79 Å². The third kappa shape index (κ3) is 5.72. The minimum absolute atomic E-state index is 0.0227. The van der Waals surface area contributed by atoms with Crippen molar-refractivity contribution >= 4 is 16.0 Å². The third-order valence-corrected chi connectivity index (χ3v) is 6.31. The van der Waals surface area contributed by atoms with Crippen LogP contribution in [-0.2, 0) is 19.6 Å². The number of pyridine rings is 1. The van der Waals surface area contributed by atoms with Crippen molar-refractivity contribution in [2.24, 2.45) is 11.7 Å². The van der Waals surface area contributed by atoms with Crippen LogP contribution in [0.4, 0.5) is 4.39 Å². The number of methoxy groups -OCH3 is 1. The van der Waals surface area contributed by atoms with Crippen molar-refractivity contribution in [2.75, 3.05) is 33.4 Å². The Balaban J connectivity index is 1.96. The maximum Gasteiger partial charge on any atom is 0.305 e. The second-order valence-electron chi connectivity index (χ2n) is 6.22. The lowest BCUT2D eigenvalue weighted by atomic mass is 9.95. The molecule has 1 aliphatic heterocycles. The predicted molar refractivity (Wildman–Crippen MR) is 96.1 cm³/mol. The highest BCUT2D eigenvalue weighted by molar-refractivity contribution is 7.89. The molecule has 1 aromatic rings. The van der Waals surface area contributed by atoms with Crippen molar-refractivity contribution in [3.05, 3.63) is 30.2 Å². The number of ether oxygens (including phenoxy) is 2. The van der Waals surface area contributed by atoms with E-state index in [1.807, 2.05) is 0 Å². The molecule has 0 aliphatic carbocycles. The highest BCUT2D eigenvalue weighted by atomic mass is 32.2. The highest BCUT2D eigenvalue weighted by Crippen LogP contribution is 2.26. The first kappa shape index (κ1) is 21.3. The lowest BCUT2D eigenvalue weighted by Gasteiger charge is -2.30. The van der Waals surface area contributed by atoms with Gasteiger partial charge in [-0.15, -0.1) is 0 Å². The first-order valence-electron chi connectivity index (χ1n) is 8.54. The van der Waals surface area contributed by atoms with Crippen LogP contribution >= 0.6 is 0 Å². The van der Waals surface area contributed by atoms with E-state index in [-0.39, 0.29) is 41.4 Å². The van der Waals surface area contributed by atoms with E-state index in [9.17, 15) is 17.6 Å². The Kier molecular flexibility index (Phi) is 7.69. The molecule has 0 radical (unpaired) electrons. The van der Waals surface area contributed by atoms with E-state index in [0.29, 0.717) is 38.7 Å². The van der Waals surface area contributed by atoms with E-state index in [2.05, 4.69) is 9.72 Å². The number of carbonyl (C=O) groups is 1. The van der Waals surface area contributed by atoms with E-state index in [4.69, 9.17) is 10.5 Å². The number of nitrogens with zero attached hydrogens (tertiary/aromatic N) is 2. The molecule has 2 heterocycles. The van der Waals surface area contributed by atoms with E-state index in [1.54, 1.807) is 0 Å². The zero-order chi connectivity index (χ0) is 19.9. The summed E-state index contributed by atoms with van der Waals surface area (Å²) in [7, 11) is -2.33. The first-order valence-corrected chi connectivity index (χ1v) is 9.98. The number of hydrogen-bond acceptors (Lipinski definition) is 7. The smallest absolute Gasteiger partial charge is 0.305 e. The summed E-state index contributed by atoms with van der Waals surface area (Å²) in [4.78, 5) is 15.4. The molecule has 0 aromatic carbocycles. The fourth-order valence-corrected chi connectivity index (χ4v) is 4.14. The number of hydrogen-bond donors (Lipinski definition) is 1. The topological polar surface area (TPSA) is 112 Å². The zero-order valence-electron chi connectivity index (χ0n) is 15.1. The molecule has 2 N–H and O–H groups in total. The van der Waals surface area contributed by atoms with Gasteiger partial charge in [-0.2, -0.15) is 4.31 Å². The number of rotatable bonds is 8. The second kappa shape index (κ2) is 9.77. The summed E-state index contributed by atoms with van der Waals surface area (Å²) in [5.74, 6) is 0.0214. The highest BCUT2D eigenvalue weighted by Gasteiger charge is 2.30. The van der Waals surface area contributed by atoms with E-state index in [1.165, 1.54) is 29.7 Å². The van der Waals surface area contributed by atoms with Crippen molar-refractivity contribution in [1.82, 2.24) is 9.29 Å². The molecule has 0 amide bonds. The van der Waals surface area contributed by atoms with Gasteiger partial charge in [0, 0.05) is 37.7 Å². The van der Waals surface area contributed by atoms with Gasteiger partial charge in [0.2, 0.25) is 15.9 Å². The van der Waals surface area contributed by atoms with Crippen LogP contribution in [0.5, 0.6) is 5.88 Å². The third-order valence-electron chi connectivity index (χ3n) is 4.43. The van der Waals surface area contributed by atoms with Gasteiger partial charge < -0.3 is 15.2 Å². The summed E-state index contributed by atoms with van der Waals surface area (Å²) in [6, 6.07) is 2.82. The molecule has 1 aliphatic rings. The van der Waals surface area contributed by atoms with Crippen LogP contribution in [0.3, 0.4) is 0 Å². The molecule has 8 nitrogen and oxygen atoms in total. The van der Waals surface area contributed by atoms with Gasteiger partial charge in [0.1, 0.15) is 11.5 Å². The van der Waals surface area contributed by atoms with Gasteiger partial charge in [0.05, 0.1) is 19.6 Å². The molecule has 0 spiro atoms. The molecule has 10 heteroatoms. The monoisotopic (exact) mass is 401 g/mol. The van der Waals surface area contributed by atoms with Crippen LogP contribution in [0.1, 0.15) is 19.3 Å². The molecule has 0 atom stereocenters. The van der Waals surface area contributed by atoms with E-state index in [0.717, 1.165) is 0 Å². The minimum atomic E-state index is -3.67. The van der Waals surface area contributed by atoms with Crippen LogP contribution in [-0.4, -0.2) is 57.0 Å². The normalized spacial score (nSPS) is 16.9. The van der Waals surface area contributed by atoms with Crippen LogP contribution in [0, 0.1) is 5.92 Å². The molecule has 1 aromatic heterocycles. The molecular formula is C17H24FN3O5S. The molecule has 1 fully saturated rings. The average molecular weight is 401 g/mol. The summed E-state index contributed by atoms with van der Waals surface area (Å²) < 4.78 is 49.2. The summed E-state index contributed by atoms with van der Waals surface area (Å²) in [6.45, 7) is 0.640. The van der Waals surface area contributed by atoms with Crippen LogP contribution in [0.2, 0.25) is 0 Å². The van der Waals surface area contributed by atoms with Crippen LogP contribution < -0.4 is 10.5 Å². The molecule has 1 saturated heterocycles. The minimum Gasteiger partial charge on any atom is -0.473 e. The maximum absolute atomic E-state index is 12.7. The van der Waals surface area contributed by atoms with Gasteiger partial charge in [0.25, 0.3) is 0 Å². The van der Waals surface area contributed by atoms with Gasteiger partial charge in [0.15, 0.2) is 0 Å². The molecule has 0 saturated carbocycles. The number of sulfonamides is 1. The number of nitrogens with two attached hydrogens (primary N) is 1. The maximum atomic E-state index is 12.7. The number of aromatic nitrogens is 1. The molecule has 0 bridgehead atoms. The summed E-state index contributed by atoms with van der Waals surface area (Å²) in [5, 5.41) is 0. The van der Waals surface area contributed by atoms with E-state index >= 15 is 0 Å². The first-order chi connectivity index (χ1) is 12.9. The fourth-order valence-electron chi connectivity index (χ4n) is 2.73. The van der Waals surface area contributed by atoms with Gasteiger partial charge in [-0.1, -0.05) is 0 Å². The van der Waals surface area contributed by atoms with Crippen molar-refractivity contribution in [3.63, 3.8) is 0 Å². The Morgan fingerprint density at radius 1 is 1.41 bits per heavy atom. The van der Waals surface area contributed by atoms with Gasteiger partial charge in [-0.05, 0) is 24.8 Å². The van der Waals surface area contributed by atoms with E-state index < -0.39 is 10.0 Å². The lowest BCUT2D eigenvalue weighted by Crippen LogP contribution is -2.39. The predicted octanol–water partition coefficient (Wildman–Crippen LogP) is 1.24. The number of piperidine rings is 1. The Hall–Kier alpha value is -2.04. The average Bonchev–Trinajstić information content (AvgIpc) is 2.69. The number of esters is 1. The summed E-state index contributed by atoms with van der Waals surface area (Å²) in [5.41, 5.74) is 5.60. The lowest BCUT2D eigenvalue weighted by molar-refractivity contribution is -0.142. The van der Waals surface area contributed by atoms with Crippen molar-refractivity contribution in [2.45, 2.75) is 24.2 Å². The van der Waals surface area contributed by atoms with Crippen molar-refractivity contribution in [1.29, 1.82) is 0 Å². The Morgan fingerprint density at radius 3 is 2.63 bits per heavy atom. The molecule has 150 valence electrons. The Morgan fingerprint density at radius 2 is 2.11 bits per heavy atom. The standard InChI is InChI=1S/C17H24FN3O5S/c1-25-17(22)8-13-4-6-21(7-5-13)27(23,24)15-2-3-16(20-11-15)26-12-14(9-18)10-19/h2-3,9,11,13H,4-8,10,12,19H2,1H3/b14-9+. The summed E-state index contributed by atoms with van der Waals surface area (Å²) >= 11 is 0. The molecule has 27 heavy (non-hydrogen) atoms. The number of carbonyl (C=O) groups excluding carboxylic acids is 1. The molecule has 0 unspecified atom stereocenters. The largest absolute Gasteiger partial charge is 0.473 e. The Bertz CT molecular complexity index is 759. The zero-order valence-corrected chi connectivity index (χ0v) is 16.0. The van der Waals surface area contributed by atoms with Crippen LogP contribution in [0.15, 0.2) is 35.1 Å². The van der Waals surface area contributed by atoms with Gasteiger partial charge in [-0.25, -0.2) is 17.8 Å².